The van der Waals surface area contributed by atoms with Crippen LogP contribution >= 0.6 is 0 Å². The summed E-state index contributed by atoms with van der Waals surface area (Å²) in [6.45, 7) is 3.88. The molecule has 4 rings (SSSR count). The van der Waals surface area contributed by atoms with Crippen LogP contribution in [0.1, 0.15) is 52.4 Å². The van der Waals surface area contributed by atoms with Gasteiger partial charge in [-0.1, -0.05) is 25.2 Å². The number of hydrogen-bond donors (Lipinski definition) is 1. The van der Waals surface area contributed by atoms with Gasteiger partial charge >= 0.3 is 5.97 Å². The lowest BCUT2D eigenvalue weighted by Gasteiger charge is -2.51. The van der Waals surface area contributed by atoms with Crippen molar-refractivity contribution in [2.75, 3.05) is 0 Å². The van der Waals surface area contributed by atoms with Crippen molar-refractivity contribution in [2.45, 2.75) is 64.6 Å². The van der Waals surface area contributed by atoms with E-state index in [0.717, 1.165) is 25.7 Å². The minimum atomic E-state index is -0.254. The first kappa shape index (κ1) is 15.4. The molecule has 0 aliphatic heterocycles. The van der Waals surface area contributed by atoms with Crippen molar-refractivity contribution in [3.8, 4) is 0 Å². The van der Waals surface area contributed by atoms with Crippen LogP contribution in [0, 0.1) is 29.1 Å². The number of esters is 1. The molecule has 23 heavy (non-hydrogen) atoms. The van der Waals surface area contributed by atoms with Crippen molar-refractivity contribution >= 4 is 5.97 Å². The van der Waals surface area contributed by atoms with Gasteiger partial charge in [0.05, 0.1) is 6.10 Å². The summed E-state index contributed by atoms with van der Waals surface area (Å²) in [5.74, 6) is 2.46. The summed E-state index contributed by atoms with van der Waals surface area (Å²) < 4.78 is 5.68. The summed E-state index contributed by atoms with van der Waals surface area (Å²) in [6.07, 6.45) is 13.2. The van der Waals surface area contributed by atoms with Gasteiger partial charge in [-0.25, -0.2) is 0 Å². The van der Waals surface area contributed by atoms with Crippen LogP contribution in [0.5, 0.6) is 0 Å². The zero-order valence-corrected chi connectivity index (χ0v) is 14.2. The highest BCUT2D eigenvalue weighted by atomic mass is 16.5. The Balaban J connectivity index is 1.61. The minimum absolute atomic E-state index is 0.101. The van der Waals surface area contributed by atoms with E-state index in [-0.39, 0.29) is 23.6 Å². The first-order valence-corrected chi connectivity index (χ1v) is 9.24. The molecule has 2 fully saturated rings. The lowest BCUT2D eigenvalue weighted by atomic mass is 9.54. The van der Waals surface area contributed by atoms with E-state index in [9.17, 15) is 9.90 Å². The Hall–Kier alpha value is -1.09. The Morgan fingerprint density at radius 2 is 2.09 bits per heavy atom. The molecule has 3 nitrogen and oxygen atoms in total. The molecular formula is C20H28O3. The fourth-order valence-corrected chi connectivity index (χ4v) is 6.13. The standard InChI is InChI=1S/C20H28O3/c1-12(21)23-19-8-7-18-17-5-3-13-11-14(22)4-6-15(13)16(17)9-10-20(18,19)2/h3,5,11,14-19,22H,4,6-10H2,1-2H3/t14?,15?,16?,17?,18-,19?,20?/m1/s1. The molecule has 0 amide bonds. The van der Waals surface area contributed by atoms with Crippen LogP contribution in [0.25, 0.3) is 0 Å². The monoisotopic (exact) mass is 316 g/mol. The number of carbonyl (C=O) groups is 1. The number of carbonyl (C=O) groups excluding carboxylic acids is 1. The molecule has 0 radical (unpaired) electrons. The number of ether oxygens (including phenoxy) is 1. The topological polar surface area (TPSA) is 46.5 Å². The van der Waals surface area contributed by atoms with Gasteiger partial charge in [0.25, 0.3) is 0 Å². The van der Waals surface area contributed by atoms with Gasteiger partial charge in [-0.05, 0) is 67.8 Å². The minimum Gasteiger partial charge on any atom is -0.462 e. The quantitative estimate of drug-likeness (QED) is 0.752. The van der Waals surface area contributed by atoms with Gasteiger partial charge in [0.1, 0.15) is 6.10 Å². The lowest BCUT2D eigenvalue weighted by Crippen LogP contribution is -2.47. The van der Waals surface area contributed by atoms with Crippen LogP contribution in [0.15, 0.2) is 23.8 Å². The number of fused-ring (bicyclic) bond motifs is 5. The predicted octanol–water partition coefficient (Wildman–Crippen LogP) is 3.63. The maximum atomic E-state index is 11.5. The first-order chi connectivity index (χ1) is 11.0. The number of rotatable bonds is 1. The second-order valence-electron chi connectivity index (χ2n) is 8.34. The molecule has 0 aromatic rings. The highest BCUT2D eigenvalue weighted by Crippen LogP contribution is 2.61. The summed E-state index contributed by atoms with van der Waals surface area (Å²) in [5.41, 5.74) is 1.51. The fraction of sp³-hybridized carbons (Fsp3) is 0.750. The second-order valence-corrected chi connectivity index (χ2v) is 8.34. The van der Waals surface area contributed by atoms with E-state index < -0.39 is 0 Å². The number of allylic oxidation sites excluding steroid dienone is 3. The molecule has 4 aliphatic rings. The third-order valence-electron chi connectivity index (χ3n) is 7.22. The molecule has 0 aromatic carbocycles. The molecule has 0 heterocycles. The van der Waals surface area contributed by atoms with Gasteiger partial charge in [0.15, 0.2) is 0 Å². The van der Waals surface area contributed by atoms with E-state index in [1.165, 1.54) is 25.3 Å². The van der Waals surface area contributed by atoms with E-state index in [4.69, 9.17) is 4.74 Å². The molecule has 126 valence electrons. The highest BCUT2D eigenvalue weighted by molar-refractivity contribution is 5.66. The Labute approximate surface area is 138 Å². The predicted molar refractivity (Wildman–Crippen MR) is 88.6 cm³/mol. The molecule has 0 aromatic heterocycles. The maximum Gasteiger partial charge on any atom is 0.302 e. The van der Waals surface area contributed by atoms with Gasteiger partial charge in [-0.15, -0.1) is 0 Å². The highest BCUT2D eigenvalue weighted by Gasteiger charge is 2.56. The normalized spacial score (nSPS) is 48.0. The van der Waals surface area contributed by atoms with E-state index in [0.29, 0.717) is 23.7 Å². The average Bonchev–Trinajstić information content (AvgIpc) is 2.83. The van der Waals surface area contributed by atoms with Crippen LogP contribution < -0.4 is 0 Å². The largest absolute Gasteiger partial charge is 0.462 e. The maximum absolute atomic E-state index is 11.5. The number of aliphatic hydroxyl groups is 1. The van der Waals surface area contributed by atoms with E-state index in [2.05, 4.69) is 25.2 Å². The smallest absolute Gasteiger partial charge is 0.302 e. The molecule has 7 atom stereocenters. The Bertz CT molecular complexity index is 563. The van der Waals surface area contributed by atoms with Gasteiger partial charge in [-0.2, -0.15) is 0 Å². The van der Waals surface area contributed by atoms with Crippen molar-refractivity contribution in [1.29, 1.82) is 0 Å². The summed E-state index contributed by atoms with van der Waals surface area (Å²) in [5, 5.41) is 9.90. The molecule has 0 saturated heterocycles. The van der Waals surface area contributed by atoms with Crippen molar-refractivity contribution in [2.24, 2.45) is 29.1 Å². The van der Waals surface area contributed by atoms with Gasteiger partial charge in [0.2, 0.25) is 0 Å². The summed E-state index contributed by atoms with van der Waals surface area (Å²) >= 11 is 0. The van der Waals surface area contributed by atoms with Crippen molar-refractivity contribution in [3.63, 3.8) is 0 Å². The first-order valence-electron chi connectivity index (χ1n) is 9.24. The third kappa shape index (κ3) is 2.39. The third-order valence-corrected chi connectivity index (χ3v) is 7.22. The number of hydrogen-bond acceptors (Lipinski definition) is 3. The molecule has 3 heteroatoms. The molecule has 6 unspecified atom stereocenters. The van der Waals surface area contributed by atoms with Crippen molar-refractivity contribution in [3.05, 3.63) is 23.8 Å². The molecule has 4 aliphatic carbocycles. The van der Waals surface area contributed by atoms with Crippen LogP contribution in [0.4, 0.5) is 0 Å². The van der Waals surface area contributed by atoms with E-state index in [1.807, 2.05) is 0 Å². The summed E-state index contributed by atoms with van der Waals surface area (Å²) in [6, 6.07) is 0. The summed E-state index contributed by atoms with van der Waals surface area (Å²) in [7, 11) is 0. The Morgan fingerprint density at radius 3 is 2.87 bits per heavy atom. The zero-order chi connectivity index (χ0) is 16.2. The summed E-state index contributed by atoms with van der Waals surface area (Å²) in [4.78, 5) is 11.5. The van der Waals surface area contributed by atoms with Crippen molar-refractivity contribution in [1.82, 2.24) is 0 Å². The SMILES string of the molecule is CC(=O)OC1CC[C@@H]2C3C=CC4=CC(O)CCC4C3CCC12C. The lowest BCUT2D eigenvalue weighted by molar-refractivity contribution is -0.155. The van der Waals surface area contributed by atoms with Crippen molar-refractivity contribution < 1.29 is 14.6 Å². The fourth-order valence-electron chi connectivity index (χ4n) is 6.13. The van der Waals surface area contributed by atoms with Gasteiger partial charge < -0.3 is 9.84 Å². The molecule has 1 N–H and O–H groups in total. The number of aliphatic hydroxyl groups excluding tert-OH is 1. The zero-order valence-electron chi connectivity index (χ0n) is 14.2. The van der Waals surface area contributed by atoms with Crippen LogP contribution in [0.2, 0.25) is 0 Å². The average molecular weight is 316 g/mol. The molecular weight excluding hydrogens is 288 g/mol. The van der Waals surface area contributed by atoms with Crippen LogP contribution in [-0.4, -0.2) is 23.3 Å². The molecule has 2 saturated carbocycles. The second kappa shape index (κ2) is 5.47. The van der Waals surface area contributed by atoms with Crippen LogP contribution in [0.3, 0.4) is 0 Å². The van der Waals surface area contributed by atoms with Gasteiger partial charge in [-0.3, -0.25) is 4.79 Å². The molecule has 0 spiro atoms. The van der Waals surface area contributed by atoms with E-state index in [1.54, 1.807) is 0 Å². The van der Waals surface area contributed by atoms with E-state index >= 15 is 0 Å². The Morgan fingerprint density at radius 1 is 1.26 bits per heavy atom. The molecule has 0 bridgehead atoms. The van der Waals surface area contributed by atoms with Gasteiger partial charge in [0, 0.05) is 12.3 Å². The Kier molecular flexibility index (Phi) is 3.67. The van der Waals surface area contributed by atoms with Crippen LogP contribution in [-0.2, 0) is 9.53 Å².